The number of hydrogen-bond donors (Lipinski definition) is 1. The number of aryl methyl sites for hydroxylation is 1. The SMILES string of the molecule is CCN(CC(=O)O)C1CCN(S(=O)(=O)c2cc(Cl)ccc2C)CC1. The molecule has 0 saturated carbocycles. The summed E-state index contributed by atoms with van der Waals surface area (Å²) in [7, 11) is -3.58. The third-order valence-corrected chi connectivity index (χ3v) is 6.73. The van der Waals surface area contributed by atoms with Crippen LogP contribution in [0.5, 0.6) is 0 Å². The molecule has 1 saturated heterocycles. The van der Waals surface area contributed by atoms with Gasteiger partial charge >= 0.3 is 5.97 Å². The van der Waals surface area contributed by atoms with E-state index >= 15 is 0 Å². The molecule has 2 rings (SSSR count). The fourth-order valence-electron chi connectivity index (χ4n) is 3.11. The second-order valence-corrected chi connectivity index (χ2v) is 8.34. The van der Waals surface area contributed by atoms with Crippen molar-refractivity contribution in [3.8, 4) is 0 Å². The van der Waals surface area contributed by atoms with Crippen LogP contribution in [0.2, 0.25) is 5.02 Å². The summed E-state index contributed by atoms with van der Waals surface area (Å²) in [4.78, 5) is 13.1. The zero-order valence-corrected chi connectivity index (χ0v) is 15.5. The molecule has 0 unspecified atom stereocenters. The van der Waals surface area contributed by atoms with Gasteiger partial charge in [-0.05, 0) is 44.0 Å². The van der Waals surface area contributed by atoms with Gasteiger partial charge in [-0.15, -0.1) is 0 Å². The van der Waals surface area contributed by atoms with E-state index in [0.717, 1.165) is 0 Å². The number of sulfonamides is 1. The largest absolute Gasteiger partial charge is 0.480 e. The fraction of sp³-hybridized carbons (Fsp3) is 0.562. The molecule has 0 spiro atoms. The van der Waals surface area contributed by atoms with Gasteiger partial charge in [-0.3, -0.25) is 9.69 Å². The minimum atomic E-state index is -3.58. The Hall–Kier alpha value is -1.15. The van der Waals surface area contributed by atoms with Crippen LogP contribution in [0, 0.1) is 6.92 Å². The Morgan fingerprint density at radius 2 is 2.00 bits per heavy atom. The highest BCUT2D eigenvalue weighted by atomic mass is 35.5. The number of piperidine rings is 1. The Balaban J connectivity index is 2.11. The van der Waals surface area contributed by atoms with Gasteiger partial charge in [0.15, 0.2) is 0 Å². The van der Waals surface area contributed by atoms with Crippen molar-refractivity contribution in [2.75, 3.05) is 26.2 Å². The van der Waals surface area contributed by atoms with Crippen LogP contribution in [0.15, 0.2) is 23.1 Å². The lowest BCUT2D eigenvalue weighted by Gasteiger charge is -2.37. The first-order chi connectivity index (χ1) is 11.3. The molecule has 1 aliphatic rings. The second kappa shape index (κ2) is 7.82. The molecule has 24 heavy (non-hydrogen) atoms. The number of carboxylic acid groups (broad SMARTS) is 1. The van der Waals surface area contributed by atoms with Crippen molar-refractivity contribution in [3.63, 3.8) is 0 Å². The first-order valence-electron chi connectivity index (χ1n) is 7.98. The summed E-state index contributed by atoms with van der Waals surface area (Å²) in [6.45, 7) is 5.06. The van der Waals surface area contributed by atoms with E-state index in [2.05, 4.69) is 0 Å². The van der Waals surface area contributed by atoms with Crippen LogP contribution in [0.25, 0.3) is 0 Å². The lowest BCUT2D eigenvalue weighted by atomic mass is 10.0. The van der Waals surface area contributed by atoms with E-state index in [0.29, 0.717) is 43.1 Å². The van der Waals surface area contributed by atoms with Gasteiger partial charge in [0, 0.05) is 24.2 Å². The zero-order chi connectivity index (χ0) is 17.9. The van der Waals surface area contributed by atoms with Crippen molar-refractivity contribution < 1.29 is 18.3 Å². The Bertz CT molecular complexity index is 700. The maximum absolute atomic E-state index is 12.8. The third kappa shape index (κ3) is 4.27. The molecule has 1 fully saturated rings. The summed E-state index contributed by atoms with van der Waals surface area (Å²) in [5.41, 5.74) is 0.669. The van der Waals surface area contributed by atoms with Gasteiger partial charge in [-0.2, -0.15) is 4.31 Å². The number of halogens is 1. The molecule has 1 aromatic rings. The molecule has 0 amide bonds. The minimum Gasteiger partial charge on any atom is -0.480 e. The molecule has 0 aromatic heterocycles. The predicted molar refractivity (Wildman–Crippen MR) is 92.9 cm³/mol. The predicted octanol–water partition coefficient (Wildman–Crippen LogP) is 2.21. The smallest absolute Gasteiger partial charge is 0.317 e. The average Bonchev–Trinajstić information content (AvgIpc) is 2.54. The molecule has 8 heteroatoms. The van der Waals surface area contributed by atoms with E-state index in [1.54, 1.807) is 19.1 Å². The Labute approximate surface area is 148 Å². The van der Waals surface area contributed by atoms with E-state index < -0.39 is 16.0 Å². The highest BCUT2D eigenvalue weighted by molar-refractivity contribution is 7.89. The Kier molecular flexibility index (Phi) is 6.25. The van der Waals surface area contributed by atoms with E-state index in [1.807, 2.05) is 11.8 Å². The van der Waals surface area contributed by atoms with Gasteiger partial charge in [0.25, 0.3) is 0 Å². The lowest BCUT2D eigenvalue weighted by Crippen LogP contribution is -2.48. The van der Waals surface area contributed by atoms with E-state index in [-0.39, 0.29) is 17.5 Å². The number of hydrogen-bond acceptors (Lipinski definition) is 4. The number of nitrogens with zero attached hydrogens (tertiary/aromatic N) is 2. The first kappa shape index (κ1) is 19.2. The van der Waals surface area contributed by atoms with E-state index in [4.69, 9.17) is 16.7 Å². The summed E-state index contributed by atoms with van der Waals surface area (Å²) < 4.78 is 27.2. The monoisotopic (exact) mass is 374 g/mol. The van der Waals surface area contributed by atoms with Crippen LogP contribution in [-0.4, -0.2) is 60.9 Å². The molecule has 0 radical (unpaired) electrons. The standard InChI is InChI=1S/C16H23ClN2O4S/c1-3-18(11-16(20)21)14-6-8-19(9-7-14)24(22,23)15-10-13(17)5-4-12(15)2/h4-5,10,14H,3,6-9,11H2,1-2H3,(H,20,21). The molecular formula is C16H23ClN2O4S. The van der Waals surface area contributed by atoms with E-state index in [1.165, 1.54) is 10.4 Å². The van der Waals surface area contributed by atoms with Crippen molar-refractivity contribution in [3.05, 3.63) is 28.8 Å². The Morgan fingerprint density at radius 1 is 1.38 bits per heavy atom. The Morgan fingerprint density at radius 3 is 2.54 bits per heavy atom. The van der Waals surface area contributed by atoms with Gasteiger partial charge in [-0.1, -0.05) is 24.6 Å². The fourth-order valence-corrected chi connectivity index (χ4v) is 5.07. The normalized spacial score (nSPS) is 17.3. The van der Waals surface area contributed by atoms with Crippen LogP contribution in [0.1, 0.15) is 25.3 Å². The van der Waals surface area contributed by atoms with Crippen molar-refractivity contribution in [2.45, 2.75) is 37.6 Å². The number of likely N-dealkylation sites (N-methyl/N-ethyl adjacent to an activating group) is 1. The quantitative estimate of drug-likeness (QED) is 0.825. The third-order valence-electron chi connectivity index (χ3n) is 4.45. The minimum absolute atomic E-state index is 0.0126. The van der Waals surface area contributed by atoms with Crippen LogP contribution in [0.3, 0.4) is 0 Å². The number of rotatable bonds is 6. The van der Waals surface area contributed by atoms with Gasteiger partial charge < -0.3 is 5.11 Å². The first-order valence-corrected chi connectivity index (χ1v) is 9.79. The van der Waals surface area contributed by atoms with Crippen molar-refractivity contribution in [1.29, 1.82) is 0 Å². The number of benzene rings is 1. The van der Waals surface area contributed by atoms with Gasteiger partial charge in [0.05, 0.1) is 11.4 Å². The number of aliphatic carboxylic acids is 1. The maximum Gasteiger partial charge on any atom is 0.317 e. The molecule has 0 bridgehead atoms. The van der Waals surface area contributed by atoms with Gasteiger partial charge in [0.2, 0.25) is 10.0 Å². The summed E-state index contributed by atoms with van der Waals surface area (Å²) in [6, 6.07) is 4.96. The van der Waals surface area contributed by atoms with Gasteiger partial charge in [-0.25, -0.2) is 8.42 Å². The van der Waals surface area contributed by atoms with Gasteiger partial charge in [0.1, 0.15) is 0 Å². The molecule has 6 nitrogen and oxygen atoms in total. The molecule has 0 aliphatic carbocycles. The summed E-state index contributed by atoms with van der Waals surface area (Å²) in [5, 5.41) is 9.37. The average molecular weight is 375 g/mol. The number of carbonyl (C=O) groups is 1. The van der Waals surface area contributed by atoms with Crippen LogP contribution in [0.4, 0.5) is 0 Å². The summed E-state index contributed by atoms with van der Waals surface area (Å²) in [5.74, 6) is -0.860. The van der Waals surface area contributed by atoms with Crippen LogP contribution in [-0.2, 0) is 14.8 Å². The summed E-state index contributed by atoms with van der Waals surface area (Å²) >= 11 is 5.95. The molecule has 1 aromatic carbocycles. The van der Waals surface area contributed by atoms with E-state index in [9.17, 15) is 13.2 Å². The number of carboxylic acids is 1. The molecule has 0 atom stereocenters. The summed E-state index contributed by atoms with van der Waals surface area (Å²) in [6.07, 6.45) is 1.25. The molecular weight excluding hydrogens is 352 g/mol. The molecule has 1 heterocycles. The lowest BCUT2D eigenvalue weighted by molar-refractivity contribution is -0.139. The highest BCUT2D eigenvalue weighted by Gasteiger charge is 2.32. The molecule has 134 valence electrons. The van der Waals surface area contributed by atoms with Crippen LogP contribution >= 0.6 is 11.6 Å². The zero-order valence-electron chi connectivity index (χ0n) is 13.9. The molecule has 1 aliphatic heterocycles. The van der Waals surface area contributed by atoms with Crippen molar-refractivity contribution >= 4 is 27.6 Å². The molecule has 1 N–H and O–H groups in total. The second-order valence-electron chi connectivity index (χ2n) is 6.00. The van der Waals surface area contributed by atoms with Crippen molar-refractivity contribution in [1.82, 2.24) is 9.21 Å². The topological polar surface area (TPSA) is 77.9 Å². The maximum atomic E-state index is 12.8. The highest BCUT2D eigenvalue weighted by Crippen LogP contribution is 2.27. The van der Waals surface area contributed by atoms with Crippen LogP contribution < -0.4 is 0 Å². The van der Waals surface area contributed by atoms with Crippen molar-refractivity contribution in [2.24, 2.45) is 0 Å².